The SMILES string of the molecule is CCNC(=NCc1cccc(COC)c1)NCC1CCCN1CC. The van der Waals surface area contributed by atoms with Gasteiger partial charge in [-0.05, 0) is 44.0 Å². The average molecular weight is 332 g/mol. The Hall–Kier alpha value is -1.59. The van der Waals surface area contributed by atoms with Gasteiger partial charge in [0.1, 0.15) is 0 Å². The Morgan fingerprint density at radius 3 is 2.88 bits per heavy atom. The minimum absolute atomic E-state index is 0.629. The predicted molar refractivity (Wildman–Crippen MR) is 100 cm³/mol. The number of hydrogen-bond donors (Lipinski definition) is 2. The first-order valence-corrected chi connectivity index (χ1v) is 9.09. The van der Waals surface area contributed by atoms with Crippen LogP contribution in [0.4, 0.5) is 0 Å². The molecular formula is C19H32N4O. The van der Waals surface area contributed by atoms with Gasteiger partial charge in [-0.2, -0.15) is 0 Å². The van der Waals surface area contributed by atoms with Gasteiger partial charge in [-0.25, -0.2) is 4.99 Å². The Morgan fingerprint density at radius 2 is 2.12 bits per heavy atom. The van der Waals surface area contributed by atoms with Crippen LogP contribution in [0.1, 0.15) is 37.8 Å². The van der Waals surface area contributed by atoms with Crippen molar-refractivity contribution in [2.24, 2.45) is 4.99 Å². The molecule has 1 atom stereocenters. The number of methoxy groups -OCH3 is 1. The molecule has 5 nitrogen and oxygen atoms in total. The Kier molecular flexibility index (Phi) is 8.05. The summed E-state index contributed by atoms with van der Waals surface area (Å²) < 4.78 is 5.20. The first-order chi connectivity index (χ1) is 11.8. The molecule has 1 saturated heterocycles. The van der Waals surface area contributed by atoms with Crippen molar-refractivity contribution in [3.05, 3.63) is 35.4 Å². The Bertz CT molecular complexity index is 518. The fourth-order valence-electron chi connectivity index (χ4n) is 3.25. The molecule has 2 rings (SSSR count). The summed E-state index contributed by atoms with van der Waals surface area (Å²) in [5.74, 6) is 0.901. The van der Waals surface area contributed by atoms with E-state index in [4.69, 9.17) is 9.73 Å². The number of aliphatic imine (C=N–C) groups is 1. The summed E-state index contributed by atoms with van der Waals surface area (Å²) in [6.45, 7) is 9.85. The molecule has 0 aliphatic carbocycles. The molecule has 1 fully saturated rings. The van der Waals surface area contributed by atoms with Gasteiger partial charge in [-0.3, -0.25) is 4.90 Å². The zero-order chi connectivity index (χ0) is 17.2. The van der Waals surface area contributed by atoms with Crippen molar-refractivity contribution in [1.82, 2.24) is 15.5 Å². The minimum Gasteiger partial charge on any atom is -0.380 e. The van der Waals surface area contributed by atoms with Crippen LogP contribution in [-0.4, -0.2) is 50.2 Å². The summed E-state index contributed by atoms with van der Waals surface area (Å²) in [6, 6.07) is 9.05. The zero-order valence-electron chi connectivity index (χ0n) is 15.3. The third-order valence-electron chi connectivity index (χ3n) is 4.48. The van der Waals surface area contributed by atoms with Gasteiger partial charge in [0.15, 0.2) is 5.96 Å². The van der Waals surface area contributed by atoms with E-state index in [-0.39, 0.29) is 0 Å². The fraction of sp³-hybridized carbons (Fsp3) is 0.632. The van der Waals surface area contributed by atoms with Crippen molar-refractivity contribution in [3.63, 3.8) is 0 Å². The van der Waals surface area contributed by atoms with Gasteiger partial charge in [0.05, 0.1) is 13.2 Å². The second-order valence-corrected chi connectivity index (χ2v) is 6.25. The normalized spacial score (nSPS) is 18.8. The third-order valence-corrected chi connectivity index (χ3v) is 4.48. The molecule has 24 heavy (non-hydrogen) atoms. The number of ether oxygens (including phenoxy) is 1. The number of benzene rings is 1. The standard InChI is InChI=1S/C19H32N4O/c1-4-20-19(22-14-18-10-7-11-23(18)5-2)21-13-16-8-6-9-17(12-16)15-24-3/h6,8-9,12,18H,4-5,7,10-11,13-15H2,1-3H3,(H2,20,21,22). The molecular weight excluding hydrogens is 300 g/mol. The lowest BCUT2D eigenvalue weighted by Gasteiger charge is -2.24. The van der Waals surface area contributed by atoms with E-state index in [9.17, 15) is 0 Å². The van der Waals surface area contributed by atoms with Gasteiger partial charge >= 0.3 is 0 Å². The van der Waals surface area contributed by atoms with Crippen LogP contribution in [0.15, 0.2) is 29.3 Å². The number of likely N-dealkylation sites (N-methyl/N-ethyl adjacent to an activating group) is 1. The highest BCUT2D eigenvalue weighted by atomic mass is 16.5. The maximum Gasteiger partial charge on any atom is 0.191 e. The smallest absolute Gasteiger partial charge is 0.191 e. The largest absolute Gasteiger partial charge is 0.380 e. The summed E-state index contributed by atoms with van der Waals surface area (Å²) in [5.41, 5.74) is 2.39. The van der Waals surface area contributed by atoms with Crippen molar-refractivity contribution < 1.29 is 4.74 Å². The predicted octanol–water partition coefficient (Wildman–Crippen LogP) is 2.37. The third kappa shape index (κ3) is 5.80. The molecule has 0 bridgehead atoms. The lowest BCUT2D eigenvalue weighted by Crippen LogP contribution is -2.44. The molecule has 0 amide bonds. The van der Waals surface area contributed by atoms with E-state index in [1.807, 2.05) is 0 Å². The minimum atomic E-state index is 0.629. The molecule has 0 aromatic heterocycles. The van der Waals surface area contributed by atoms with Crippen molar-refractivity contribution >= 4 is 5.96 Å². The second-order valence-electron chi connectivity index (χ2n) is 6.25. The van der Waals surface area contributed by atoms with Crippen molar-refractivity contribution in [1.29, 1.82) is 0 Å². The van der Waals surface area contributed by atoms with Crippen LogP contribution < -0.4 is 10.6 Å². The highest BCUT2D eigenvalue weighted by Crippen LogP contribution is 2.15. The maximum absolute atomic E-state index is 5.20. The molecule has 0 radical (unpaired) electrons. The topological polar surface area (TPSA) is 48.9 Å². The van der Waals surface area contributed by atoms with E-state index in [1.165, 1.54) is 30.5 Å². The van der Waals surface area contributed by atoms with E-state index in [0.29, 0.717) is 19.2 Å². The Labute approximate surface area is 146 Å². The van der Waals surface area contributed by atoms with Crippen LogP contribution in [-0.2, 0) is 17.9 Å². The summed E-state index contributed by atoms with van der Waals surface area (Å²) in [7, 11) is 1.72. The fourth-order valence-corrected chi connectivity index (χ4v) is 3.25. The van der Waals surface area contributed by atoms with E-state index in [2.05, 4.69) is 53.6 Å². The molecule has 5 heteroatoms. The van der Waals surface area contributed by atoms with E-state index in [1.54, 1.807) is 7.11 Å². The van der Waals surface area contributed by atoms with Crippen molar-refractivity contribution in [2.45, 2.75) is 45.9 Å². The highest BCUT2D eigenvalue weighted by Gasteiger charge is 2.22. The average Bonchev–Trinajstić information content (AvgIpc) is 3.05. The lowest BCUT2D eigenvalue weighted by molar-refractivity contribution is 0.185. The molecule has 1 aromatic rings. The summed E-state index contributed by atoms with van der Waals surface area (Å²) in [5, 5.41) is 6.85. The first kappa shape index (κ1) is 18.7. The monoisotopic (exact) mass is 332 g/mol. The second kappa shape index (κ2) is 10.3. The summed E-state index contributed by atoms with van der Waals surface area (Å²) >= 11 is 0. The van der Waals surface area contributed by atoms with Gasteiger partial charge in [0.25, 0.3) is 0 Å². The zero-order valence-corrected chi connectivity index (χ0v) is 15.3. The van der Waals surface area contributed by atoms with Crippen LogP contribution >= 0.6 is 0 Å². The van der Waals surface area contributed by atoms with Gasteiger partial charge in [-0.1, -0.05) is 31.2 Å². The summed E-state index contributed by atoms with van der Waals surface area (Å²) in [6.07, 6.45) is 2.58. The van der Waals surface area contributed by atoms with Crippen LogP contribution in [0.5, 0.6) is 0 Å². The molecule has 0 saturated carbocycles. The quantitative estimate of drug-likeness (QED) is 0.567. The molecule has 134 valence electrons. The van der Waals surface area contributed by atoms with Crippen LogP contribution in [0.2, 0.25) is 0 Å². The van der Waals surface area contributed by atoms with Gasteiger partial charge in [0.2, 0.25) is 0 Å². The molecule has 1 unspecified atom stereocenters. The summed E-state index contributed by atoms with van der Waals surface area (Å²) in [4.78, 5) is 7.28. The lowest BCUT2D eigenvalue weighted by atomic mass is 10.1. The van der Waals surface area contributed by atoms with Gasteiger partial charge in [-0.15, -0.1) is 0 Å². The number of hydrogen-bond acceptors (Lipinski definition) is 3. The maximum atomic E-state index is 5.20. The molecule has 1 aliphatic heterocycles. The number of likely N-dealkylation sites (tertiary alicyclic amines) is 1. The van der Waals surface area contributed by atoms with Crippen LogP contribution in [0.3, 0.4) is 0 Å². The molecule has 1 aliphatic rings. The number of nitrogens with one attached hydrogen (secondary N) is 2. The van der Waals surface area contributed by atoms with Crippen molar-refractivity contribution in [2.75, 3.05) is 33.3 Å². The van der Waals surface area contributed by atoms with Crippen LogP contribution in [0.25, 0.3) is 0 Å². The molecule has 1 heterocycles. The van der Waals surface area contributed by atoms with E-state index < -0.39 is 0 Å². The molecule has 2 N–H and O–H groups in total. The Balaban J connectivity index is 1.91. The van der Waals surface area contributed by atoms with E-state index >= 15 is 0 Å². The number of rotatable bonds is 8. The number of nitrogens with zero attached hydrogens (tertiary/aromatic N) is 2. The Morgan fingerprint density at radius 1 is 1.29 bits per heavy atom. The molecule has 0 spiro atoms. The first-order valence-electron chi connectivity index (χ1n) is 9.09. The van der Waals surface area contributed by atoms with E-state index in [0.717, 1.165) is 25.6 Å². The highest BCUT2D eigenvalue weighted by molar-refractivity contribution is 5.79. The van der Waals surface area contributed by atoms with Crippen molar-refractivity contribution in [3.8, 4) is 0 Å². The molecule has 1 aromatic carbocycles. The van der Waals surface area contributed by atoms with Gasteiger partial charge in [0, 0.05) is 26.2 Å². The van der Waals surface area contributed by atoms with Gasteiger partial charge < -0.3 is 15.4 Å². The van der Waals surface area contributed by atoms with Crippen LogP contribution in [0, 0.1) is 0 Å². The number of guanidine groups is 1.